The van der Waals surface area contributed by atoms with Gasteiger partial charge < -0.3 is 5.32 Å². The zero-order valence-electron chi connectivity index (χ0n) is 11.9. The number of anilines is 1. The number of hydrogen-bond donors (Lipinski definition) is 1. The summed E-state index contributed by atoms with van der Waals surface area (Å²) < 4.78 is 0. The van der Waals surface area contributed by atoms with Gasteiger partial charge in [0.25, 0.3) is 0 Å². The Bertz CT molecular complexity index is 549. The summed E-state index contributed by atoms with van der Waals surface area (Å²) in [5.41, 5.74) is 3.49. The van der Waals surface area contributed by atoms with Gasteiger partial charge in [0.2, 0.25) is 0 Å². The molecule has 100 valence electrons. The molecule has 1 aromatic heterocycles. The van der Waals surface area contributed by atoms with Crippen molar-refractivity contribution in [3.05, 3.63) is 41.7 Å². The van der Waals surface area contributed by atoms with Crippen molar-refractivity contribution in [2.24, 2.45) is 0 Å². The van der Waals surface area contributed by atoms with Crippen LogP contribution in [0.15, 0.2) is 30.3 Å². The predicted octanol–water partition coefficient (Wildman–Crippen LogP) is 3.70. The average molecular weight is 255 g/mol. The highest BCUT2D eigenvalue weighted by molar-refractivity contribution is 5.63. The van der Waals surface area contributed by atoms with Crippen molar-refractivity contribution in [3.8, 4) is 11.3 Å². The minimum Gasteiger partial charge on any atom is -0.370 e. The first-order valence-electron chi connectivity index (χ1n) is 6.98. The van der Waals surface area contributed by atoms with E-state index in [-0.39, 0.29) is 0 Å². The van der Waals surface area contributed by atoms with Crippen LogP contribution >= 0.6 is 0 Å². The van der Waals surface area contributed by atoms with Gasteiger partial charge in [-0.15, -0.1) is 0 Å². The van der Waals surface area contributed by atoms with Gasteiger partial charge in [0, 0.05) is 24.6 Å². The van der Waals surface area contributed by atoms with Gasteiger partial charge in [0.15, 0.2) is 0 Å². The molecule has 0 bridgehead atoms. The molecule has 2 aromatic rings. The maximum atomic E-state index is 4.63. The lowest BCUT2D eigenvalue weighted by Crippen LogP contribution is -2.04. The van der Waals surface area contributed by atoms with Crippen molar-refractivity contribution in [2.75, 3.05) is 11.9 Å². The molecule has 0 aliphatic heterocycles. The Morgan fingerprint density at radius 3 is 2.53 bits per heavy atom. The molecule has 19 heavy (non-hydrogen) atoms. The van der Waals surface area contributed by atoms with E-state index in [1.165, 1.54) is 5.56 Å². The number of rotatable bonds is 5. The highest BCUT2D eigenvalue weighted by Gasteiger charge is 2.05. The highest BCUT2D eigenvalue weighted by atomic mass is 15.0. The minimum atomic E-state index is 0.847. The first-order valence-corrected chi connectivity index (χ1v) is 6.98. The van der Waals surface area contributed by atoms with E-state index in [9.17, 15) is 0 Å². The Labute approximate surface area is 115 Å². The van der Waals surface area contributed by atoms with Crippen LogP contribution in [0, 0.1) is 0 Å². The topological polar surface area (TPSA) is 37.8 Å². The van der Waals surface area contributed by atoms with Crippen molar-refractivity contribution in [3.63, 3.8) is 0 Å². The number of nitrogens with one attached hydrogen (secondary N) is 1. The number of benzene rings is 1. The third-order valence-corrected chi connectivity index (χ3v) is 3.08. The van der Waals surface area contributed by atoms with Crippen LogP contribution in [0.1, 0.15) is 32.2 Å². The van der Waals surface area contributed by atoms with E-state index in [1.54, 1.807) is 0 Å². The van der Waals surface area contributed by atoms with Crippen LogP contribution in [0.25, 0.3) is 11.3 Å². The van der Waals surface area contributed by atoms with Crippen molar-refractivity contribution in [2.45, 2.75) is 33.6 Å². The summed E-state index contributed by atoms with van der Waals surface area (Å²) in [5.74, 6) is 1.79. The van der Waals surface area contributed by atoms with E-state index < -0.39 is 0 Å². The van der Waals surface area contributed by atoms with Crippen LogP contribution in [0.5, 0.6) is 0 Å². The summed E-state index contributed by atoms with van der Waals surface area (Å²) in [6, 6.07) is 10.6. The van der Waals surface area contributed by atoms with Gasteiger partial charge in [0.1, 0.15) is 11.6 Å². The first kappa shape index (κ1) is 13.5. The average Bonchev–Trinajstić information content (AvgIpc) is 2.47. The van der Waals surface area contributed by atoms with Crippen LogP contribution in [0.4, 0.5) is 5.82 Å². The summed E-state index contributed by atoms with van der Waals surface area (Å²) in [6.45, 7) is 7.19. The fourth-order valence-electron chi connectivity index (χ4n) is 2.03. The molecule has 1 N–H and O–H groups in total. The molecule has 0 saturated heterocycles. The Morgan fingerprint density at radius 1 is 1.00 bits per heavy atom. The third kappa shape index (κ3) is 3.31. The van der Waals surface area contributed by atoms with E-state index in [4.69, 9.17) is 0 Å². The molecule has 0 aliphatic rings. The monoisotopic (exact) mass is 255 g/mol. The molecule has 3 nitrogen and oxygen atoms in total. The molecular formula is C16H21N3. The van der Waals surface area contributed by atoms with Crippen LogP contribution < -0.4 is 5.32 Å². The second kappa shape index (κ2) is 6.32. The molecule has 1 heterocycles. The minimum absolute atomic E-state index is 0.847. The summed E-state index contributed by atoms with van der Waals surface area (Å²) in [5, 5.41) is 3.27. The molecule has 1 aromatic carbocycles. The lowest BCUT2D eigenvalue weighted by molar-refractivity contribution is 0.939. The number of hydrogen-bond acceptors (Lipinski definition) is 3. The van der Waals surface area contributed by atoms with Gasteiger partial charge in [-0.1, -0.05) is 32.0 Å². The second-order valence-electron chi connectivity index (χ2n) is 4.49. The maximum Gasteiger partial charge on any atom is 0.131 e. The lowest BCUT2D eigenvalue weighted by atomic mass is 10.1. The van der Waals surface area contributed by atoms with E-state index >= 15 is 0 Å². The van der Waals surface area contributed by atoms with E-state index in [0.717, 1.165) is 42.3 Å². The summed E-state index contributed by atoms with van der Waals surface area (Å²) in [7, 11) is 0. The number of aryl methyl sites for hydroxylation is 2. The Morgan fingerprint density at radius 2 is 1.84 bits per heavy atom. The van der Waals surface area contributed by atoms with Gasteiger partial charge in [-0.3, -0.25) is 0 Å². The fraction of sp³-hybridized carbons (Fsp3) is 0.375. The lowest BCUT2D eigenvalue weighted by Gasteiger charge is -2.09. The number of aromatic nitrogens is 2. The molecule has 0 radical (unpaired) electrons. The number of nitrogens with zero attached hydrogens (tertiary/aromatic N) is 2. The van der Waals surface area contributed by atoms with Crippen LogP contribution in [0.2, 0.25) is 0 Å². The zero-order chi connectivity index (χ0) is 13.7. The standard InChI is InChI=1S/C16H21N3/c1-4-12-8-7-9-13(10-12)14-11-16(17-6-3)19-15(5-2)18-14/h7-11H,4-6H2,1-3H3,(H,17,18,19). The molecule has 2 rings (SSSR count). The van der Waals surface area contributed by atoms with Gasteiger partial charge in [0.05, 0.1) is 5.69 Å². The van der Waals surface area contributed by atoms with E-state index in [2.05, 4.69) is 60.3 Å². The third-order valence-electron chi connectivity index (χ3n) is 3.08. The SMILES string of the molecule is CCNc1cc(-c2cccc(CC)c2)nc(CC)n1. The van der Waals surface area contributed by atoms with Crippen molar-refractivity contribution < 1.29 is 0 Å². The Balaban J connectivity index is 2.44. The molecule has 0 amide bonds. The summed E-state index contributed by atoms with van der Waals surface area (Å²) in [4.78, 5) is 9.12. The Hall–Kier alpha value is -1.90. The van der Waals surface area contributed by atoms with Gasteiger partial charge in [-0.05, 0) is 25.0 Å². The van der Waals surface area contributed by atoms with Crippen molar-refractivity contribution in [1.82, 2.24) is 9.97 Å². The van der Waals surface area contributed by atoms with Crippen molar-refractivity contribution in [1.29, 1.82) is 0 Å². The molecule has 3 heteroatoms. The second-order valence-corrected chi connectivity index (χ2v) is 4.49. The predicted molar refractivity (Wildman–Crippen MR) is 80.4 cm³/mol. The summed E-state index contributed by atoms with van der Waals surface area (Å²) >= 11 is 0. The molecule has 0 atom stereocenters. The smallest absolute Gasteiger partial charge is 0.131 e. The van der Waals surface area contributed by atoms with Gasteiger partial charge in [-0.25, -0.2) is 9.97 Å². The van der Waals surface area contributed by atoms with Crippen LogP contribution in [-0.4, -0.2) is 16.5 Å². The maximum absolute atomic E-state index is 4.63. The van der Waals surface area contributed by atoms with Gasteiger partial charge in [-0.2, -0.15) is 0 Å². The summed E-state index contributed by atoms with van der Waals surface area (Å²) in [6.07, 6.45) is 1.89. The van der Waals surface area contributed by atoms with Crippen LogP contribution in [0.3, 0.4) is 0 Å². The molecule has 0 saturated carbocycles. The Kier molecular flexibility index (Phi) is 4.50. The van der Waals surface area contributed by atoms with Gasteiger partial charge >= 0.3 is 0 Å². The molecule has 0 aliphatic carbocycles. The first-order chi connectivity index (χ1) is 9.26. The molecule has 0 fully saturated rings. The van der Waals surface area contributed by atoms with Crippen molar-refractivity contribution >= 4 is 5.82 Å². The molecule has 0 unspecified atom stereocenters. The van der Waals surface area contributed by atoms with E-state index in [0.29, 0.717) is 0 Å². The normalized spacial score (nSPS) is 10.5. The highest BCUT2D eigenvalue weighted by Crippen LogP contribution is 2.21. The molecular weight excluding hydrogens is 234 g/mol. The fourth-order valence-corrected chi connectivity index (χ4v) is 2.03. The largest absolute Gasteiger partial charge is 0.370 e. The van der Waals surface area contributed by atoms with Crippen LogP contribution in [-0.2, 0) is 12.8 Å². The quantitative estimate of drug-likeness (QED) is 0.885. The zero-order valence-corrected chi connectivity index (χ0v) is 11.9. The van der Waals surface area contributed by atoms with E-state index in [1.807, 2.05) is 6.07 Å². The molecule has 0 spiro atoms.